The highest BCUT2D eigenvalue weighted by molar-refractivity contribution is 5.84. The second-order valence-corrected chi connectivity index (χ2v) is 5.19. The first-order valence-corrected chi connectivity index (χ1v) is 6.08. The number of nitrogens with zero attached hydrogens (tertiary/aromatic N) is 2. The van der Waals surface area contributed by atoms with Crippen molar-refractivity contribution in [2.45, 2.75) is 31.7 Å². The third kappa shape index (κ3) is 3.02. The van der Waals surface area contributed by atoms with Gasteiger partial charge in [-0.1, -0.05) is 0 Å². The smallest absolute Gasteiger partial charge is 0.149 e. The van der Waals surface area contributed by atoms with Crippen LogP contribution in [0.4, 0.5) is 0 Å². The zero-order valence-electron chi connectivity index (χ0n) is 9.91. The van der Waals surface area contributed by atoms with E-state index in [9.17, 15) is 4.79 Å². The maximum absolute atomic E-state index is 11.7. The van der Waals surface area contributed by atoms with Crippen molar-refractivity contribution in [1.82, 2.24) is 9.80 Å². The molecule has 0 aromatic carbocycles. The van der Waals surface area contributed by atoms with Crippen LogP contribution in [-0.4, -0.2) is 55.4 Å². The Hall–Kier alpha value is -0.410. The van der Waals surface area contributed by atoms with Gasteiger partial charge in [-0.3, -0.25) is 9.69 Å². The SMILES string of the molecule is CN1CCC(N(C)CC(=O)C2CC2)CC1. The number of carbonyl (C=O) groups excluding carboxylic acids is 1. The molecule has 2 fully saturated rings. The molecule has 0 aromatic heterocycles. The zero-order chi connectivity index (χ0) is 10.8. The molecule has 86 valence electrons. The summed E-state index contributed by atoms with van der Waals surface area (Å²) < 4.78 is 0. The molecule has 0 aromatic rings. The molecule has 0 atom stereocenters. The summed E-state index contributed by atoms with van der Waals surface area (Å²) >= 11 is 0. The topological polar surface area (TPSA) is 23.6 Å². The van der Waals surface area contributed by atoms with Crippen molar-refractivity contribution in [3.8, 4) is 0 Å². The van der Waals surface area contributed by atoms with Gasteiger partial charge in [-0.2, -0.15) is 0 Å². The molecule has 15 heavy (non-hydrogen) atoms. The third-order valence-corrected chi connectivity index (χ3v) is 3.75. The molecule has 1 saturated heterocycles. The quantitative estimate of drug-likeness (QED) is 0.691. The summed E-state index contributed by atoms with van der Waals surface area (Å²) in [4.78, 5) is 16.3. The minimum Gasteiger partial charge on any atom is -0.306 e. The van der Waals surface area contributed by atoms with E-state index in [4.69, 9.17) is 0 Å². The molecule has 1 heterocycles. The first-order chi connectivity index (χ1) is 7.16. The van der Waals surface area contributed by atoms with E-state index >= 15 is 0 Å². The lowest BCUT2D eigenvalue weighted by Crippen LogP contribution is -2.43. The van der Waals surface area contributed by atoms with Gasteiger partial charge in [0.15, 0.2) is 0 Å². The summed E-state index contributed by atoms with van der Waals surface area (Å²) in [6.45, 7) is 3.03. The molecule has 2 aliphatic rings. The van der Waals surface area contributed by atoms with Crippen LogP contribution >= 0.6 is 0 Å². The molecule has 1 saturated carbocycles. The van der Waals surface area contributed by atoms with E-state index in [0.29, 0.717) is 24.3 Å². The van der Waals surface area contributed by atoms with Gasteiger partial charge in [-0.05, 0) is 52.9 Å². The molecular formula is C12H22N2O. The molecule has 0 radical (unpaired) electrons. The van der Waals surface area contributed by atoms with Crippen LogP contribution in [0, 0.1) is 5.92 Å². The Morgan fingerprint density at radius 3 is 2.40 bits per heavy atom. The molecule has 0 bridgehead atoms. The highest BCUT2D eigenvalue weighted by atomic mass is 16.1. The van der Waals surface area contributed by atoms with Crippen molar-refractivity contribution in [3.63, 3.8) is 0 Å². The van der Waals surface area contributed by atoms with Gasteiger partial charge in [0.1, 0.15) is 5.78 Å². The number of carbonyl (C=O) groups is 1. The van der Waals surface area contributed by atoms with Crippen molar-refractivity contribution in [2.24, 2.45) is 5.92 Å². The average molecular weight is 210 g/mol. The number of rotatable bonds is 4. The van der Waals surface area contributed by atoms with Gasteiger partial charge in [-0.15, -0.1) is 0 Å². The van der Waals surface area contributed by atoms with Crippen molar-refractivity contribution in [2.75, 3.05) is 33.7 Å². The van der Waals surface area contributed by atoms with Crippen LogP contribution < -0.4 is 0 Å². The Kier molecular flexibility index (Phi) is 3.42. The summed E-state index contributed by atoms with van der Waals surface area (Å²) in [7, 11) is 4.28. The molecule has 2 rings (SSSR count). The number of ketones is 1. The van der Waals surface area contributed by atoms with E-state index in [0.717, 1.165) is 12.8 Å². The van der Waals surface area contributed by atoms with Gasteiger partial charge >= 0.3 is 0 Å². The molecule has 0 spiro atoms. The molecule has 0 unspecified atom stereocenters. The van der Waals surface area contributed by atoms with Crippen molar-refractivity contribution < 1.29 is 4.79 Å². The first-order valence-electron chi connectivity index (χ1n) is 6.08. The number of hydrogen-bond donors (Lipinski definition) is 0. The average Bonchev–Trinajstić information content (AvgIpc) is 3.01. The summed E-state index contributed by atoms with van der Waals surface area (Å²) in [5.74, 6) is 0.884. The zero-order valence-corrected chi connectivity index (χ0v) is 9.91. The fraction of sp³-hybridized carbons (Fsp3) is 0.917. The molecule has 0 amide bonds. The second-order valence-electron chi connectivity index (χ2n) is 5.19. The first kappa shape index (κ1) is 11.1. The molecule has 3 heteroatoms. The minimum absolute atomic E-state index is 0.415. The highest BCUT2D eigenvalue weighted by Gasteiger charge is 2.31. The Balaban J connectivity index is 1.74. The van der Waals surface area contributed by atoms with E-state index in [-0.39, 0.29) is 0 Å². The highest BCUT2D eigenvalue weighted by Crippen LogP contribution is 2.30. The van der Waals surface area contributed by atoms with Crippen LogP contribution in [0.5, 0.6) is 0 Å². The molecule has 1 aliphatic carbocycles. The normalized spacial score (nSPS) is 24.7. The van der Waals surface area contributed by atoms with Crippen LogP contribution in [0.15, 0.2) is 0 Å². The van der Waals surface area contributed by atoms with Gasteiger partial charge in [0, 0.05) is 12.0 Å². The van der Waals surface area contributed by atoms with Gasteiger partial charge in [-0.25, -0.2) is 0 Å². The number of likely N-dealkylation sites (tertiary alicyclic amines) is 1. The lowest BCUT2D eigenvalue weighted by molar-refractivity contribution is -0.121. The predicted octanol–water partition coefficient (Wildman–Crippen LogP) is 0.991. The number of hydrogen-bond acceptors (Lipinski definition) is 3. The van der Waals surface area contributed by atoms with Gasteiger partial charge < -0.3 is 4.90 Å². The van der Waals surface area contributed by atoms with Crippen molar-refractivity contribution >= 4 is 5.78 Å². The largest absolute Gasteiger partial charge is 0.306 e. The second kappa shape index (κ2) is 4.62. The predicted molar refractivity (Wildman–Crippen MR) is 60.9 cm³/mol. The van der Waals surface area contributed by atoms with Gasteiger partial charge in [0.05, 0.1) is 6.54 Å². The lowest BCUT2D eigenvalue weighted by Gasteiger charge is -2.34. The van der Waals surface area contributed by atoms with Crippen LogP contribution in [0.25, 0.3) is 0 Å². The maximum Gasteiger partial charge on any atom is 0.149 e. The summed E-state index contributed by atoms with van der Waals surface area (Å²) in [6.07, 6.45) is 4.70. The number of Topliss-reactive ketones (excluding diaryl/α,β-unsaturated/α-hetero) is 1. The van der Waals surface area contributed by atoms with Crippen LogP contribution in [0.3, 0.4) is 0 Å². The summed E-state index contributed by atoms with van der Waals surface area (Å²) in [5, 5.41) is 0. The third-order valence-electron chi connectivity index (χ3n) is 3.75. The van der Waals surface area contributed by atoms with Crippen LogP contribution in [0.1, 0.15) is 25.7 Å². The standard InChI is InChI=1S/C12H22N2O/c1-13-7-5-11(6-8-13)14(2)9-12(15)10-3-4-10/h10-11H,3-9H2,1-2H3. The molecular weight excluding hydrogens is 188 g/mol. The van der Waals surface area contributed by atoms with Gasteiger partial charge in [0.25, 0.3) is 0 Å². The number of likely N-dealkylation sites (N-methyl/N-ethyl adjacent to an activating group) is 1. The maximum atomic E-state index is 11.7. The van der Waals surface area contributed by atoms with E-state index in [2.05, 4.69) is 23.9 Å². The Bertz CT molecular complexity index is 230. The van der Waals surface area contributed by atoms with Gasteiger partial charge in [0.2, 0.25) is 0 Å². The Labute approximate surface area is 92.4 Å². The minimum atomic E-state index is 0.415. The van der Waals surface area contributed by atoms with Crippen molar-refractivity contribution in [3.05, 3.63) is 0 Å². The monoisotopic (exact) mass is 210 g/mol. The van der Waals surface area contributed by atoms with E-state index in [1.54, 1.807) is 0 Å². The van der Waals surface area contributed by atoms with Crippen LogP contribution in [-0.2, 0) is 4.79 Å². The van der Waals surface area contributed by atoms with E-state index in [1.807, 2.05) is 0 Å². The molecule has 3 nitrogen and oxygen atoms in total. The fourth-order valence-corrected chi connectivity index (χ4v) is 2.35. The molecule has 0 N–H and O–H groups in total. The van der Waals surface area contributed by atoms with E-state index in [1.165, 1.54) is 25.9 Å². The summed E-state index contributed by atoms with van der Waals surface area (Å²) in [5.41, 5.74) is 0. The molecule has 1 aliphatic heterocycles. The Morgan fingerprint density at radius 2 is 1.87 bits per heavy atom. The Morgan fingerprint density at radius 1 is 1.27 bits per heavy atom. The summed E-state index contributed by atoms with van der Waals surface area (Å²) in [6, 6.07) is 0.629. The number of piperidine rings is 1. The fourth-order valence-electron chi connectivity index (χ4n) is 2.35. The van der Waals surface area contributed by atoms with Crippen molar-refractivity contribution in [1.29, 1.82) is 0 Å². The van der Waals surface area contributed by atoms with Crippen LogP contribution in [0.2, 0.25) is 0 Å². The van der Waals surface area contributed by atoms with E-state index < -0.39 is 0 Å². The lowest BCUT2D eigenvalue weighted by atomic mass is 10.0.